The molecule has 7 heteroatoms. The largest absolute Gasteiger partial charge is 0.340 e. The fourth-order valence-corrected chi connectivity index (χ4v) is 3.02. The molecule has 0 radical (unpaired) electrons. The summed E-state index contributed by atoms with van der Waals surface area (Å²) in [7, 11) is 0. The van der Waals surface area contributed by atoms with Crippen LogP contribution in [0, 0.1) is 0 Å². The maximum atomic E-state index is 12.2. The maximum absolute atomic E-state index is 12.2. The van der Waals surface area contributed by atoms with E-state index in [0.29, 0.717) is 25.9 Å². The lowest BCUT2D eigenvalue weighted by atomic mass is 9.89. The van der Waals surface area contributed by atoms with E-state index in [1.165, 1.54) is 0 Å². The highest BCUT2D eigenvalue weighted by Gasteiger charge is 2.49. The zero-order valence-corrected chi connectivity index (χ0v) is 12.3. The highest BCUT2D eigenvalue weighted by atomic mass is 16.2. The van der Waals surface area contributed by atoms with Gasteiger partial charge in [-0.15, -0.1) is 0 Å². The van der Waals surface area contributed by atoms with Crippen molar-refractivity contribution in [2.24, 2.45) is 5.73 Å². The molecule has 1 spiro atoms. The second-order valence-corrected chi connectivity index (χ2v) is 5.86. The number of nitrogens with zero attached hydrogens (tertiary/aromatic N) is 1. The van der Waals surface area contributed by atoms with Gasteiger partial charge in [-0.2, -0.15) is 0 Å². The quantitative estimate of drug-likeness (QED) is 0.477. The van der Waals surface area contributed by atoms with E-state index >= 15 is 0 Å². The zero-order chi connectivity index (χ0) is 15.3. The molecule has 0 aliphatic carbocycles. The second kappa shape index (κ2) is 6.89. The Hall–Kier alpha value is -1.63. The van der Waals surface area contributed by atoms with Crippen LogP contribution < -0.4 is 16.4 Å². The Morgan fingerprint density at radius 3 is 2.67 bits per heavy atom. The third kappa shape index (κ3) is 3.72. The Kier molecular flexibility index (Phi) is 5.17. The number of piperidine rings is 1. The van der Waals surface area contributed by atoms with Crippen molar-refractivity contribution in [3.8, 4) is 0 Å². The number of rotatable bonds is 6. The molecule has 0 bridgehead atoms. The van der Waals surface area contributed by atoms with Crippen LogP contribution in [-0.2, 0) is 9.59 Å². The number of nitrogens with one attached hydrogen (secondary N) is 2. The van der Waals surface area contributed by atoms with E-state index in [1.807, 2.05) is 0 Å². The third-order valence-corrected chi connectivity index (χ3v) is 4.20. The van der Waals surface area contributed by atoms with E-state index in [-0.39, 0.29) is 18.4 Å². The number of nitrogens with two attached hydrogens (primary N) is 1. The van der Waals surface area contributed by atoms with Gasteiger partial charge in [0, 0.05) is 13.0 Å². The first kappa shape index (κ1) is 15.8. The molecule has 4 amide bonds. The van der Waals surface area contributed by atoms with Crippen LogP contribution in [0.1, 0.15) is 44.9 Å². The standard InChI is InChI=1S/C14H24N4O3/c15-8-4-2-1-3-6-11(19)18-9-5-7-14(10-18)12(20)16-13(21)17-14/h1-10,15H2,(H2,16,17,20,21). The Balaban J connectivity index is 1.82. The second-order valence-electron chi connectivity index (χ2n) is 5.86. The molecule has 0 aromatic heterocycles. The predicted molar refractivity (Wildman–Crippen MR) is 77.4 cm³/mol. The number of hydrogen-bond acceptors (Lipinski definition) is 4. The number of likely N-dealkylation sites (tertiary alicyclic amines) is 1. The molecule has 7 nitrogen and oxygen atoms in total. The van der Waals surface area contributed by atoms with E-state index in [1.54, 1.807) is 4.90 Å². The van der Waals surface area contributed by atoms with Gasteiger partial charge < -0.3 is 16.0 Å². The molecular formula is C14H24N4O3. The SMILES string of the molecule is NCCCCCCC(=O)N1CCCC2(C1)NC(=O)NC2=O. The lowest BCUT2D eigenvalue weighted by Crippen LogP contribution is -2.59. The first-order chi connectivity index (χ1) is 10.1. The molecule has 2 aliphatic rings. The van der Waals surface area contributed by atoms with Crippen molar-refractivity contribution in [2.45, 2.75) is 50.5 Å². The first-order valence-electron chi connectivity index (χ1n) is 7.69. The van der Waals surface area contributed by atoms with Crippen LogP contribution in [0.2, 0.25) is 0 Å². The van der Waals surface area contributed by atoms with E-state index in [9.17, 15) is 14.4 Å². The van der Waals surface area contributed by atoms with Crippen molar-refractivity contribution < 1.29 is 14.4 Å². The van der Waals surface area contributed by atoms with Gasteiger partial charge in [0.25, 0.3) is 5.91 Å². The van der Waals surface area contributed by atoms with E-state index < -0.39 is 11.6 Å². The summed E-state index contributed by atoms with van der Waals surface area (Å²) >= 11 is 0. The fraction of sp³-hybridized carbons (Fsp3) is 0.786. The summed E-state index contributed by atoms with van der Waals surface area (Å²) in [5.41, 5.74) is 4.52. The van der Waals surface area contributed by atoms with Gasteiger partial charge in [0.2, 0.25) is 5.91 Å². The van der Waals surface area contributed by atoms with Crippen molar-refractivity contribution >= 4 is 17.8 Å². The third-order valence-electron chi connectivity index (χ3n) is 4.20. The van der Waals surface area contributed by atoms with Crippen LogP contribution in [0.3, 0.4) is 0 Å². The van der Waals surface area contributed by atoms with Gasteiger partial charge in [-0.05, 0) is 32.2 Å². The molecule has 2 heterocycles. The Bertz CT molecular complexity index is 426. The monoisotopic (exact) mass is 296 g/mol. The van der Waals surface area contributed by atoms with Gasteiger partial charge in [0.15, 0.2) is 0 Å². The number of unbranched alkanes of at least 4 members (excludes halogenated alkanes) is 3. The average Bonchev–Trinajstić information content (AvgIpc) is 2.72. The highest BCUT2D eigenvalue weighted by Crippen LogP contribution is 2.25. The van der Waals surface area contributed by atoms with Crippen molar-refractivity contribution in [1.29, 1.82) is 0 Å². The molecule has 0 aromatic carbocycles. The normalized spacial score (nSPS) is 25.1. The minimum Gasteiger partial charge on any atom is -0.340 e. The first-order valence-corrected chi connectivity index (χ1v) is 7.69. The van der Waals surface area contributed by atoms with Crippen molar-refractivity contribution in [3.63, 3.8) is 0 Å². The minimum atomic E-state index is -0.912. The molecular weight excluding hydrogens is 272 g/mol. The smallest absolute Gasteiger partial charge is 0.322 e. The maximum Gasteiger partial charge on any atom is 0.322 e. The number of hydrogen-bond donors (Lipinski definition) is 3. The van der Waals surface area contributed by atoms with Crippen molar-refractivity contribution in [1.82, 2.24) is 15.5 Å². The lowest BCUT2D eigenvalue weighted by Gasteiger charge is -2.38. The Morgan fingerprint density at radius 2 is 2.00 bits per heavy atom. The molecule has 0 saturated carbocycles. The lowest BCUT2D eigenvalue weighted by molar-refractivity contribution is -0.136. The molecule has 2 rings (SSSR count). The highest BCUT2D eigenvalue weighted by molar-refractivity contribution is 6.07. The molecule has 0 aromatic rings. The van der Waals surface area contributed by atoms with Gasteiger partial charge in [-0.3, -0.25) is 14.9 Å². The van der Waals surface area contributed by atoms with E-state index in [4.69, 9.17) is 5.73 Å². The molecule has 2 aliphatic heterocycles. The van der Waals surface area contributed by atoms with Gasteiger partial charge in [0.05, 0.1) is 6.54 Å². The summed E-state index contributed by atoms with van der Waals surface area (Å²) in [6.45, 7) is 1.64. The summed E-state index contributed by atoms with van der Waals surface area (Å²) in [4.78, 5) is 37.2. The number of amides is 4. The molecule has 1 unspecified atom stereocenters. The molecule has 2 saturated heterocycles. The van der Waals surface area contributed by atoms with Crippen LogP contribution >= 0.6 is 0 Å². The van der Waals surface area contributed by atoms with Crippen molar-refractivity contribution in [3.05, 3.63) is 0 Å². The number of urea groups is 1. The molecule has 2 fully saturated rings. The Morgan fingerprint density at radius 1 is 1.24 bits per heavy atom. The average molecular weight is 296 g/mol. The summed E-state index contributed by atoms with van der Waals surface area (Å²) in [5, 5.41) is 4.94. The summed E-state index contributed by atoms with van der Waals surface area (Å²) in [6.07, 6.45) is 5.70. The number of carbonyl (C=O) groups is 3. The van der Waals surface area contributed by atoms with Gasteiger partial charge in [-0.25, -0.2) is 4.79 Å². The van der Waals surface area contributed by atoms with Crippen molar-refractivity contribution in [2.75, 3.05) is 19.6 Å². The van der Waals surface area contributed by atoms with Crippen LogP contribution in [0.25, 0.3) is 0 Å². The zero-order valence-electron chi connectivity index (χ0n) is 12.3. The molecule has 1 atom stereocenters. The fourth-order valence-electron chi connectivity index (χ4n) is 3.02. The van der Waals surface area contributed by atoms with Crippen LogP contribution in [-0.4, -0.2) is 47.9 Å². The summed E-state index contributed by atoms with van der Waals surface area (Å²) in [5.74, 6) is -0.247. The number of imide groups is 1. The molecule has 21 heavy (non-hydrogen) atoms. The van der Waals surface area contributed by atoms with E-state index in [0.717, 1.165) is 32.1 Å². The van der Waals surface area contributed by atoms with Crippen LogP contribution in [0.4, 0.5) is 4.79 Å². The molecule has 4 N–H and O–H groups in total. The summed E-state index contributed by atoms with van der Waals surface area (Å²) < 4.78 is 0. The summed E-state index contributed by atoms with van der Waals surface area (Å²) in [6, 6.07) is -0.462. The van der Waals surface area contributed by atoms with Crippen LogP contribution in [0.5, 0.6) is 0 Å². The predicted octanol–water partition coefficient (Wildman–Crippen LogP) is 0.0962. The Labute approximate surface area is 124 Å². The topological polar surface area (TPSA) is 105 Å². The van der Waals surface area contributed by atoms with Gasteiger partial charge in [0.1, 0.15) is 5.54 Å². The minimum absolute atomic E-state index is 0.0655. The van der Waals surface area contributed by atoms with E-state index in [2.05, 4.69) is 10.6 Å². The van der Waals surface area contributed by atoms with Gasteiger partial charge >= 0.3 is 6.03 Å². The molecule has 118 valence electrons. The number of carbonyl (C=O) groups excluding carboxylic acids is 3. The van der Waals surface area contributed by atoms with Gasteiger partial charge in [-0.1, -0.05) is 12.8 Å². The van der Waals surface area contributed by atoms with Crippen LogP contribution in [0.15, 0.2) is 0 Å².